The van der Waals surface area contributed by atoms with Crippen LogP contribution >= 0.6 is 0 Å². The van der Waals surface area contributed by atoms with E-state index in [1.807, 2.05) is 0 Å². The molecule has 0 saturated carbocycles. The molecule has 0 unspecified atom stereocenters. The molecule has 1 aliphatic rings. The van der Waals surface area contributed by atoms with Crippen LogP contribution in [-0.2, 0) is 13.0 Å². The van der Waals surface area contributed by atoms with E-state index in [2.05, 4.69) is 0 Å². The van der Waals surface area contributed by atoms with Gasteiger partial charge in [-0.3, -0.25) is 14.9 Å². The Morgan fingerprint density at radius 1 is 1.53 bits per heavy atom. The van der Waals surface area contributed by atoms with Crippen LogP contribution in [0.4, 0.5) is 5.69 Å². The van der Waals surface area contributed by atoms with Crippen molar-refractivity contribution in [3.8, 4) is 0 Å². The first-order valence-electron chi connectivity index (χ1n) is 5.21. The molecular formula is C11H12N2O4. The number of nitro groups is 1. The summed E-state index contributed by atoms with van der Waals surface area (Å²) < 4.78 is 0. The van der Waals surface area contributed by atoms with Crippen molar-refractivity contribution in [1.29, 1.82) is 0 Å². The Bertz CT molecular complexity index is 498. The number of aliphatic hydroxyl groups excluding tert-OH is 1. The minimum absolute atomic E-state index is 0.199. The van der Waals surface area contributed by atoms with Gasteiger partial charge in [0.05, 0.1) is 17.1 Å². The maximum Gasteiger partial charge on any atom is 0.275 e. The van der Waals surface area contributed by atoms with E-state index in [1.165, 1.54) is 11.0 Å². The van der Waals surface area contributed by atoms with Crippen LogP contribution < -0.4 is 0 Å². The normalized spacial score (nSPS) is 14.7. The summed E-state index contributed by atoms with van der Waals surface area (Å²) in [6.07, 6.45) is 0.655. The van der Waals surface area contributed by atoms with Gasteiger partial charge >= 0.3 is 0 Å². The number of fused-ring (bicyclic) bond motifs is 1. The SMILES string of the molecule is CN1CCc2cc(CO)c([N+](=O)[O-])cc2C1=O. The van der Waals surface area contributed by atoms with Gasteiger partial charge in [-0.05, 0) is 18.1 Å². The molecule has 1 N–H and O–H groups in total. The molecule has 0 spiro atoms. The highest BCUT2D eigenvalue weighted by atomic mass is 16.6. The molecule has 1 amide bonds. The van der Waals surface area contributed by atoms with Crippen molar-refractivity contribution < 1.29 is 14.8 Å². The first-order valence-corrected chi connectivity index (χ1v) is 5.21. The van der Waals surface area contributed by atoms with E-state index >= 15 is 0 Å². The molecule has 90 valence electrons. The third-order valence-electron chi connectivity index (χ3n) is 2.97. The molecule has 1 aromatic carbocycles. The highest BCUT2D eigenvalue weighted by Crippen LogP contribution is 2.27. The number of aliphatic hydroxyl groups is 1. The van der Waals surface area contributed by atoms with Gasteiger partial charge in [0.25, 0.3) is 11.6 Å². The Balaban J connectivity index is 2.59. The summed E-state index contributed by atoms with van der Waals surface area (Å²) in [5, 5.41) is 19.9. The van der Waals surface area contributed by atoms with Crippen LogP contribution in [0.3, 0.4) is 0 Å². The Morgan fingerprint density at radius 3 is 2.82 bits per heavy atom. The molecule has 0 radical (unpaired) electrons. The number of nitro benzene ring substituents is 1. The zero-order valence-electron chi connectivity index (χ0n) is 9.34. The zero-order valence-corrected chi connectivity index (χ0v) is 9.34. The summed E-state index contributed by atoms with van der Waals surface area (Å²) in [6.45, 7) is 0.197. The van der Waals surface area contributed by atoms with Gasteiger partial charge < -0.3 is 10.0 Å². The fourth-order valence-electron chi connectivity index (χ4n) is 1.98. The molecule has 17 heavy (non-hydrogen) atoms. The van der Waals surface area contributed by atoms with E-state index < -0.39 is 11.5 Å². The fourth-order valence-corrected chi connectivity index (χ4v) is 1.98. The highest BCUT2D eigenvalue weighted by molar-refractivity contribution is 5.97. The van der Waals surface area contributed by atoms with Crippen molar-refractivity contribution in [2.75, 3.05) is 13.6 Å². The van der Waals surface area contributed by atoms with Crippen molar-refractivity contribution in [2.45, 2.75) is 13.0 Å². The number of amides is 1. The van der Waals surface area contributed by atoms with Crippen LogP contribution in [0.15, 0.2) is 12.1 Å². The van der Waals surface area contributed by atoms with E-state index in [0.29, 0.717) is 18.5 Å². The molecule has 0 atom stereocenters. The second-order valence-corrected chi connectivity index (χ2v) is 4.03. The second-order valence-electron chi connectivity index (χ2n) is 4.03. The summed E-state index contributed by atoms with van der Waals surface area (Å²) in [4.78, 5) is 23.6. The number of carbonyl (C=O) groups is 1. The maximum atomic E-state index is 11.8. The fraction of sp³-hybridized carbons (Fsp3) is 0.364. The van der Waals surface area contributed by atoms with Gasteiger partial charge in [0, 0.05) is 25.2 Å². The topological polar surface area (TPSA) is 83.7 Å². The van der Waals surface area contributed by atoms with Crippen LogP contribution in [0, 0.1) is 10.1 Å². The number of benzene rings is 1. The summed E-state index contributed by atoms with van der Waals surface area (Å²) in [6, 6.07) is 2.82. The van der Waals surface area contributed by atoms with E-state index in [0.717, 1.165) is 5.56 Å². The largest absolute Gasteiger partial charge is 0.391 e. The van der Waals surface area contributed by atoms with Crippen molar-refractivity contribution in [2.24, 2.45) is 0 Å². The molecule has 1 heterocycles. The Hall–Kier alpha value is -1.95. The summed E-state index contributed by atoms with van der Waals surface area (Å²) in [5.41, 5.74) is 1.19. The Morgan fingerprint density at radius 2 is 2.24 bits per heavy atom. The number of hydrogen-bond donors (Lipinski definition) is 1. The first-order chi connectivity index (χ1) is 8.04. The van der Waals surface area contributed by atoms with Gasteiger partial charge in [-0.25, -0.2) is 0 Å². The van der Waals surface area contributed by atoms with Gasteiger partial charge in [-0.2, -0.15) is 0 Å². The molecule has 1 aromatic rings. The molecule has 6 nitrogen and oxygen atoms in total. The summed E-state index contributed by atoms with van der Waals surface area (Å²) >= 11 is 0. The highest BCUT2D eigenvalue weighted by Gasteiger charge is 2.26. The first kappa shape index (κ1) is 11.5. The lowest BCUT2D eigenvalue weighted by molar-refractivity contribution is -0.385. The van der Waals surface area contributed by atoms with Crippen molar-refractivity contribution in [3.05, 3.63) is 38.9 Å². The third-order valence-corrected chi connectivity index (χ3v) is 2.97. The standard InChI is InChI=1S/C11H12N2O4/c1-12-3-2-7-4-8(6-14)10(13(16)17)5-9(7)11(12)15/h4-5,14H,2-3,6H2,1H3. The van der Waals surface area contributed by atoms with Crippen molar-refractivity contribution in [3.63, 3.8) is 0 Å². The molecule has 0 bridgehead atoms. The van der Waals surface area contributed by atoms with Crippen LogP contribution in [0.25, 0.3) is 0 Å². The molecule has 1 aliphatic heterocycles. The second kappa shape index (κ2) is 4.14. The van der Waals surface area contributed by atoms with Crippen LogP contribution in [0.5, 0.6) is 0 Å². The van der Waals surface area contributed by atoms with E-state index in [1.54, 1.807) is 13.1 Å². The van der Waals surface area contributed by atoms with E-state index in [4.69, 9.17) is 5.11 Å². The zero-order chi connectivity index (χ0) is 12.6. The number of likely N-dealkylation sites (N-methyl/N-ethyl adjacent to an activating group) is 1. The van der Waals surface area contributed by atoms with Gasteiger partial charge in [0.1, 0.15) is 0 Å². The minimum Gasteiger partial charge on any atom is -0.391 e. The lowest BCUT2D eigenvalue weighted by Crippen LogP contribution is -2.34. The molecular weight excluding hydrogens is 224 g/mol. The quantitative estimate of drug-likeness (QED) is 0.605. The number of hydrogen-bond acceptors (Lipinski definition) is 4. The summed E-state index contributed by atoms with van der Waals surface area (Å²) in [7, 11) is 1.66. The van der Waals surface area contributed by atoms with Gasteiger partial charge in [-0.15, -0.1) is 0 Å². The molecule has 2 rings (SSSR count). The Labute approximate surface area is 97.6 Å². The molecule has 0 fully saturated rings. The lowest BCUT2D eigenvalue weighted by Gasteiger charge is -2.24. The van der Waals surface area contributed by atoms with E-state index in [-0.39, 0.29) is 17.2 Å². The lowest BCUT2D eigenvalue weighted by atomic mass is 9.96. The predicted octanol–water partition coefficient (Wildman–Crippen LogP) is 0.715. The Kier molecular flexibility index (Phi) is 2.81. The maximum absolute atomic E-state index is 11.8. The minimum atomic E-state index is -0.576. The van der Waals surface area contributed by atoms with Crippen molar-refractivity contribution >= 4 is 11.6 Å². The summed E-state index contributed by atoms with van der Waals surface area (Å²) in [5.74, 6) is -0.209. The van der Waals surface area contributed by atoms with Crippen LogP contribution in [-0.4, -0.2) is 34.4 Å². The average molecular weight is 236 g/mol. The average Bonchev–Trinajstić information content (AvgIpc) is 2.32. The van der Waals surface area contributed by atoms with Crippen molar-refractivity contribution in [1.82, 2.24) is 4.90 Å². The van der Waals surface area contributed by atoms with Crippen LogP contribution in [0.1, 0.15) is 21.5 Å². The number of nitrogens with zero attached hydrogens (tertiary/aromatic N) is 2. The smallest absolute Gasteiger partial charge is 0.275 e. The van der Waals surface area contributed by atoms with Gasteiger partial charge in [0.2, 0.25) is 0 Å². The third kappa shape index (κ3) is 1.87. The van der Waals surface area contributed by atoms with Crippen LogP contribution in [0.2, 0.25) is 0 Å². The molecule has 0 saturated heterocycles. The number of carbonyl (C=O) groups excluding carboxylic acids is 1. The molecule has 6 heteroatoms. The monoisotopic (exact) mass is 236 g/mol. The molecule has 0 aromatic heterocycles. The van der Waals surface area contributed by atoms with Gasteiger partial charge in [0.15, 0.2) is 0 Å². The predicted molar refractivity (Wildman–Crippen MR) is 59.7 cm³/mol. The number of rotatable bonds is 2. The molecule has 0 aliphatic carbocycles. The van der Waals surface area contributed by atoms with Gasteiger partial charge in [-0.1, -0.05) is 0 Å². The van der Waals surface area contributed by atoms with E-state index in [9.17, 15) is 14.9 Å².